The maximum absolute atomic E-state index is 11.2. The van der Waals surface area contributed by atoms with Gasteiger partial charge in [0.15, 0.2) is 11.5 Å². The van der Waals surface area contributed by atoms with Crippen LogP contribution >= 0.6 is 11.8 Å². The van der Waals surface area contributed by atoms with Gasteiger partial charge in [0.25, 0.3) is 0 Å². The van der Waals surface area contributed by atoms with Gasteiger partial charge in [-0.15, -0.1) is 0 Å². The number of carbonyl (C=O) groups excluding carboxylic acids is 1. The number of methoxy groups -OCH3 is 2. The first-order valence-electron chi connectivity index (χ1n) is 6.14. The summed E-state index contributed by atoms with van der Waals surface area (Å²) in [5, 5.41) is 0. The predicted molar refractivity (Wildman–Crippen MR) is 78.1 cm³/mol. The lowest BCUT2D eigenvalue weighted by atomic mass is 9.99. The molecule has 0 bridgehead atoms. The van der Waals surface area contributed by atoms with Crippen LogP contribution < -0.4 is 0 Å². The van der Waals surface area contributed by atoms with Gasteiger partial charge >= 0.3 is 0 Å². The van der Waals surface area contributed by atoms with Crippen molar-refractivity contribution in [1.29, 1.82) is 0 Å². The highest BCUT2D eigenvalue weighted by molar-refractivity contribution is 8.04. The third-order valence-corrected chi connectivity index (χ3v) is 4.31. The minimum atomic E-state index is -0.429. The van der Waals surface area contributed by atoms with Crippen LogP contribution in [0.1, 0.15) is 0 Å². The molecule has 3 rings (SSSR count). The molecule has 102 valence electrons. The number of nitrogens with zero attached hydrogens (tertiary/aromatic N) is 1. The Morgan fingerprint density at radius 2 is 2.05 bits per heavy atom. The molecule has 0 fully saturated rings. The van der Waals surface area contributed by atoms with Crippen LogP contribution in [0.15, 0.2) is 56.7 Å². The molecule has 0 spiro atoms. The lowest BCUT2D eigenvalue weighted by molar-refractivity contribution is -0.110. The second kappa shape index (κ2) is 5.17. The average molecular weight is 287 g/mol. The number of carbonyl (C=O) groups is 1. The highest BCUT2D eigenvalue weighted by Gasteiger charge is 2.33. The minimum absolute atomic E-state index is 0.429. The van der Waals surface area contributed by atoms with Crippen LogP contribution in [0.2, 0.25) is 0 Å². The van der Waals surface area contributed by atoms with Crippen molar-refractivity contribution in [2.24, 2.45) is 10.9 Å². The fourth-order valence-corrected chi connectivity index (χ4v) is 3.34. The van der Waals surface area contributed by atoms with Gasteiger partial charge in [-0.3, -0.25) is 0 Å². The molecule has 4 nitrogen and oxygen atoms in total. The van der Waals surface area contributed by atoms with E-state index in [1.165, 1.54) is 7.11 Å². The van der Waals surface area contributed by atoms with Crippen molar-refractivity contribution in [3.05, 3.63) is 46.8 Å². The Balaban J connectivity index is 2.18. The Labute approximate surface area is 121 Å². The molecule has 0 saturated carbocycles. The van der Waals surface area contributed by atoms with Crippen LogP contribution in [0.25, 0.3) is 0 Å². The molecule has 1 unspecified atom stereocenters. The van der Waals surface area contributed by atoms with Crippen molar-refractivity contribution in [1.82, 2.24) is 0 Å². The number of aldehydes is 1. The van der Waals surface area contributed by atoms with Gasteiger partial charge in [0.05, 0.1) is 25.8 Å². The maximum Gasteiger partial charge on any atom is 0.184 e. The molecule has 1 atom stereocenters. The molecule has 1 heterocycles. The molecule has 1 aliphatic heterocycles. The third-order valence-electron chi connectivity index (χ3n) is 3.19. The first-order chi connectivity index (χ1) is 9.78. The Kier molecular flexibility index (Phi) is 3.36. The van der Waals surface area contributed by atoms with Gasteiger partial charge in [-0.1, -0.05) is 30.0 Å². The summed E-state index contributed by atoms with van der Waals surface area (Å²) in [6.07, 6.45) is 2.72. The Morgan fingerprint density at radius 1 is 1.25 bits per heavy atom. The van der Waals surface area contributed by atoms with Gasteiger partial charge in [-0.2, -0.15) is 0 Å². The molecular formula is C15H13NO3S. The quantitative estimate of drug-likeness (QED) is 0.802. The first kappa shape index (κ1) is 13.0. The predicted octanol–water partition coefficient (Wildman–Crippen LogP) is 3.08. The van der Waals surface area contributed by atoms with Crippen molar-refractivity contribution in [3.8, 4) is 0 Å². The number of ether oxygens (including phenoxy) is 2. The van der Waals surface area contributed by atoms with Crippen LogP contribution in [-0.4, -0.2) is 26.2 Å². The molecule has 0 N–H and O–H groups in total. The van der Waals surface area contributed by atoms with Crippen LogP contribution in [-0.2, 0) is 14.3 Å². The van der Waals surface area contributed by atoms with E-state index in [0.29, 0.717) is 11.5 Å². The molecule has 5 heteroatoms. The van der Waals surface area contributed by atoms with E-state index in [0.717, 1.165) is 27.5 Å². The minimum Gasteiger partial charge on any atom is -0.496 e. The lowest BCUT2D eigenvalue weighted by Gasteiger charge is -2.26. The van der Waals surface area contributed by atoms with Crippen molar-refractivity contribution in [2.75, 3.05) is 14.2 Å². The molecule has 0 amide bonds. The van der Waals surface area contributed by atoms with E-state index in [2.05, 4.69) is 4.99 Å². The van der Waals surface area contributed by atoms with Crippen molar-refractivity contribution < 1.29 is 14.3 Å². The SMILES string of the molecule is COC1=C(OC)C(C=O)C=C2Sc3ccccc3N=C21. The summed E-state index contributed by atoms with van der Waals surface area (Å²) in [4.78, 5) is 17.9. The first-order valence-corrected chi connectivity index (χ1v) is 6.95. The fraction of sp³-hybridized carbons (Fsp3) is 0.200. The molecule has 1 aromatic rings. The van der Waals surface area contributed by atoms with E-state index in [9.17, 15) is 4.79 Å². The zero-order chi connectivity index (χ0) is 14.1. The number of fused-ring (bicyclic) bond motifs is 2. The van der Waals surface area contributed by atoms with Crippen LogP contribution in [0, 0.1) is 5.92 Å². The summed E-state index contributed by atoms with van der Waals surface area (Å²) in [6.45, 7) is 0. The van der Waals surface area contributed by atoms with Gasteiger partial charge in [-0.05, 0) is 12.1 Å². The Bertz CT molecular complexity index is 661. The summed E-state index contributed by atoms with van der Waals surface area (Å²) in [5.41, 5.74) is 1.63. The molecule has 0 radical (unpaired) electrons. The number of thioether (sulfide) groups is 1. The van der Waals surface area contributed by atoms with E-state index < -0.39 is 5.92 Å². The van der Waals surface area contributed by atoms with E-state index in [1.807, 2.05) is 30.3 Å². The monoisotopic (exact) mass is 287 g/mol. The van der Waals surface area contributed by atoms with Gasteiger partial charge < -0.3 is 14.3 Å². The molecule has 0 aromatic heterocycles. The zero-order valence-corrected chi connectivity index (χ0v) is 11.9. The van der Waals surface area contributed by atoms with E-state index in [1.54, 1.807) is 18.9 Å². The van der Waals surface area contributed by atoms with Crippen LogP contribution in [0.3, 0.4) is 0 Å². The summed E-state index contributed by atoms with van der Waals surface area (Å²) >= 11 is 1.59. The fourth-order valence-electron chi connectivity index (χ4n) is 2.29. The third kappa shape index (κ3) is 1.94. The van der Waals surface area contributed by atoms with Crippen LogP contribution in [0.5, 0.6) is 0 Å². The molecular weight excluding hydrogens is 274 g/mol. The second-order valence-electron chi connectivity index (χ2n) is 4.32. The highest BCUT2D eigenvalue weighted by atomic mass is 32.2. The van der Waals surface area contributed by atoms with Crippen LogP contribution in [0.4, 0.5) is 5.69 Å². The number of benzene rings is 1. The highest BCUT2D eigenvalue weighted by Crippen LogP contribution is 2.44. The topological polar surface area (TPSA) is 47.9 Å². The Hall–Kier alpha value is -2.01. The Morgan fingerprint density at radius 3 is 2.75 bits per heavy atom. The standard InChI is InChI=1S/C15H13NO3S/c1-18-14-9(8-17)7-12-13(15(14)19-2)16-10-5-3-4-6-11(10)20-12/h3-9H,1-2H3. The van der Waals surface area contributed by atoms with Crippen molar-refractivity contribution in [2.45, 2.75) is 4.90 Å². The molecule has 0 saturated heterocycles. The normalized spacial score (nSPS) is 20.4. The number of hydrogen-bond donors (Lipinski definition) is 0. The lowest BCUT2D eigenvalue weighted by Crippen LogP contribution is -2.22. The smallest absolute Gasteiger partial charge is 0.184 e. The zero-order valence-electron chi connectivity index (χ0n) is 11.1. The van der Waals surface area contributed by atoms with Gasteiger partial charge in [0, 0.05) is 9.80 Å². The van der Waals surface area contributed by atoms with E-state index in [-0.39, 0.29) is 0 Å². The van der Waals surface area contributed by atoms with Crippen molar-refractivity contribution >= 4 is 29.4 Å². The number of hydrogen-bond acceptors (Lipinski definition) is 5. The van der Waals surface area contributed by atoms with Gasteiger partial charge in [0.1, 0.15) is 12.0 Å². The van der Waals surface area contributed by atoms with Crippen molar-refractivity contribution in [3.63, 3.8) is 0 Å². The second-order valence-corrected chi connectivity index (χ2v) is 5.41. The van der Waals surface area contributed by atoms with E-state index in [4.69, 9.17) is 9.47 Å². The van der Waals surface area contributed by atoms with Gasteiger partial charge in [-0.25, -0.2) is 4.99 Å². The van der Waals surface area contributed by atoms with E-state index >= 15 is 0 Å². The summed E-state index contributed by atoms with van der Waals surface area (Å²) in [7, 11) is 3.10. The molecule has 1 aromatic carbocycles. The van der Waals surface area contributed by atoms with Gasteiger partial charge in [0.2, 0.25) is 0 Å². The summed E-state index contributed by atoms with van der Waals surface area (Å²) in [5.74, 6) is 0.607. The molecule has 2 aliphatic rings. The molecule has 1 aliphatic carbocycles. The average Bonchev–Trinajstić information content (AvgIpc) is 2.50. The number of para-hydroxylation sites is 1. The summed E-state index contributed by atoms with van der Waals surface area (Å²) < 4.78 is 10.7. The number of allylic oxidation sites excluding steroid dienone is 2. The number of aliphatic imine (C=N–C) groups is 1. The summed E-state index contributed by atoms with van der Waals surface area (Å²) in [6, 6.07) is 7.89. The molecule has 20 heavy (non-hydrogen) atoms. The largest absolute Gasteiger partial charge is 0.496 e. The maximum atomic E-state index is 11.2. The number of rotatable bonds is 3.